The minimum Gasteiger partial charge on any atom is -0.341 e. The first-order chi connectivity index (χ1) is 9.20. The minimum absolute atomic E-state index is 0. The number of hydrogen-bond acceptors (Lipinski definition) is 3. The molecule has 0 spiro atoms. The van der Waals surface area contributed by atoms with Crippen LogP contribution in [0.25, 0.3) is 0 Å². The van der Waals surface area contributed by atoms with E-state index >= 15 is 0 Å². The zero-order valence-electron chi connectivity index (χ0n) is 11.4. The summed E-state index contributed by atoms with van der Waals surface area (Å²) in [5, 5.41) is 8.73. The third-order valence-electron chi connectivity index (χ3n) is 3.52. The van der Waals surface area contributed by atoms with Gasteiger partial charge in [0.15, 0.2) is 0 Å². The van der Waals surface area contributed by atoms with E-state index in [0.717, 1.165) is 31.5 Å². The SMILES string of the molecule is Cl.N#Cc1ccc(CC(N)C(=O)N2CCCCC2)cc1. The molecule has 1 heterocycles. The lowest BCUT2D eigenvalue weighted by Crippen LogP contribution is -2.46. The largest absolute Gasteiger partial charge is 0.341 e. The average Bonchev–Trinajstić information content (AvgIpc) is 2.48. The van der Waals surface area contributed by atoms with Crippen LogP contribution in [0.1, 0.15) is 30.4 Å². The Balaban J connectivity index is 0.00000200. The highest BCUT2D eigenvalue weighted by Gasteiger charge is 2.22. The summed E-state index contributed by atoms with van der Waals surface area (Å²) in [6.07, 6.45) is 3.89. The first-order valence-electron chi connectivity index (χ1n) is 6.74. The lowest BCUT2D eigenvalue weighted by atomic mass is 10.0. The van der Waals surface area contributed by atoms with Gasteiger partial charge in [-0.25, -0.2) is 0 Å². The molecule has 5 heteroatoms. The van der Waals surface area contributed by atoms with E-state index in [-0.39, 0.29) is 18.3 Å². The molecular formula is C15H20ClN3O. The molecule has 1 aromatic rings. The monoisotopic (exact) mass is 293 g/mol. The van der Waals surface area contributed by atoms with Crippen molar-refractivity contribution in [3.05, 3.63) is 35.4 Å². The number of carbonyl (C=O) groups excluding carboxylic acids is 1. The summed E-state index contributed by atoms with van der Waals surface area (Å²) in [5.74, 6) is 0.0454. The van der Waals surface area contributed by atoms with Gasteiger partial charge < -0.3 is 10.6 Å². The number of nitrogens with two attached hydrogens (primary N) is 1. The van der Waals surface area contributed by atoms with Crippen LogP contribution in [-0.2, 0) is 11.2 Å². The molecule has 1 aromatic carbocycles. The summed E-state index contributed by atoms with van der Waals surface area (Å²) >= 11 is 0. The highest BCUT2D eigenvalue weighted by molar-refractivity contribution is 5.85. The van der Waals surface area contributed by atoms with E-state index in [1.807, 2.05) is 17.0 Å². The average molecular weight is 294 g/mol. The molecule has 1 aliphatic rings. The minimum atomic E-state index is -0.481. The second-order valence-electron chi connectivity index (χ2n) is 5.01. The first kappa shape index (κ1) is 16.5. The van der Waals surface area contributed by atoms with Crippen molar-refractivity contribution in [2.24, 2.45) is 5.73 Å². The van der Waals surface area contributed by atoms with Crippen LogP contribution in [0.4, 0.5) is 0 Å². The maximum atomic E-state index is 12.2. The van der Waals surface area contributed by atoms with Gasteiger partial charge in [-0.1, -0.05) is 12.1 Å². The van der Waals surface area contributed by atoms with E-state index in [9.17, 15) is 4.79 Å². The summed E-state index contributed by atoms with van der Waals surface area (Å²) in [5.41, 5.74) is 7.62. The number of nitriles is 1. The van der Waals surface area contributed by atoms with E-state index in [0.29, 0.717) is 12.0 Å². The second-order valence-corrected chi connectivity index (χ2v) is 5.01. The molecule has 0 aliphatic carbocycles. The van der Waals surface area contributed by atoms with Crippen LogP contribution >= 0.6 is 12.4 Å². The molecule has 108 valence electrons. The van der Waals surface area contributed by atoms with Gasteiger partial charge in [-0.3, -0.25) is 4.79 Å². The Morgan fingerprint density at radius 1 is 1.25 bits per heavy atom. The fourth-order valence-electron chi connectivity index (χ4n) is 2.41. The number of benzene rings is 1. The van der Waals surface area contributed by atoms with Gasteiger partial charge in [0.2, 0.25) is 5.91 Å². The number of halogens is 1. The van der Waals surface area contributed by atoms with Gasteiger partial charge in [-0.05, 0) is 43.4 Å². The van der Waals surface area contributed by atoms with Crippen LogP contribution in [0.3, 0.4) is 0 Å². The van der Waals surface area contributed by atoms with Gasteiger partial charge in [-0.2, -0.15) is 5.26 Å². The fourth-order valence-corrected chi connectivity index (χ4v) is 2.41. The molecule has 1 fully saturated rings. The Bertz CT molecular complexity index is 475. The molecular weight excluding hydrogens is 274 g/mol. The summed E-state index contributed by atoms with van der Waals surface area (Å²) < 4.78 is 0. The molecule has 1 saturated heterocycles. The number of nitrogens with zero attached hydrogens (tertiary/aromatic N) is 2. The zero-order valence-corrected chi connectivity index (χ0v) is 12.2. The molecule has 0 aromatic heterocycles. The van der Waals surface area contributed by atoms with Crippen molar-refractivity contribution in [3.8, 4) is 6.07 Å². The number of rotatable bonds is 3. The molecule has 4 nitrogen and oxygen atoms in total. The fraction of sp³-hybridized carbons (Fsp3) is 0.467. The third-order valence-corrected chi connectivity index (χ3v) is 3.52. The van der Waals surface area contributed by atoms with Gasteiger partial charge in [-0.15, -0.1) is 12.4 Å². The number of likely N-dealkylation sites (tertiary alicyclic amines) is 1. The Labute approximate surface area is 126 Å². The van der Waals surface area contributed by atoms with E-state index in [2.05, 4.69) is 6.07 Å². The van der Waals surface area contributed by atoms with Gasteiger partial charge in [0.25, 0.3) is 0 Å². The van der Waals surface area contributed by atoms with E-state index in [1.165, 1.54) is 6.42 Å². The van der Waals surface area contributed by atoms with Crippen molar-refractivity contribution in [3.63, 3.8) is 0 Å². The van der Waals surface area contributed by atoms with Crippen molar-refractivity contribution in [2.45, 2.75) is 31.7 Å². The van der Waals surface area contributed by atoms with Crippen LogP contribution in [0.15, 0.2) is 24.3 Å². The van der Waals surface area contributed by atoms with Gasteiger partial charge >= 0.3 is 0 Å². The molecule has 1 unspecified atom stereocenters. The number of carbonyl (C=O) groups is 1. The summed E-state index contributed by atoms with van der Waals surface area (Å²) in [4.78, 5) is 14.0. The molecule has 2 rings (SSSR count). The second kappa shape index (κ2) is 7.88. The van der Waals surface area contributed by atoms with Crippen LogP contribution in [0.2, 0.25) is 0 Å². The van der Waals surface area contributed by atoms with Crippen LogP contribution in [0, 0.1) is 11.3 Å². The molecule has 1 atom stereocenters. The molecule has 0 saturated carbocycles. The number of amides is 1. The van der Waals surface area contributed by atoms with Gasteiger partial charge in [0.05, 0.1) is 17.7 Å². The van der Waals surface area contributed by atoms with Crippen LogP contribution < -0.4 is 5.73 Å². The Morgan fingerprint density at radius 3 is 2.40 bits per heavy atom. The van der Waals surface area contributed by atoms with Gasteiger partial charge in [0, 0.05) is 13.1 Å². The Morgan fingerprint density at radius 2 is 1.85 bits per heavy atom. The standard InChI is InChI=1S/C15H19N3O.ClH/c16-11-13-6-4-12(5-7-13)10-14(17)15(19)18-8-2-1-3-9-18;/h4-7,14H,1-3,8-10,17H2;1H. The third kappa shape index (κ3) is 4.22. The predicted octanol–water partition coefficient (Wildman–Crippen LogP) is 1.86. The van der Waals surface area contributed by atoms with Crippen molar-refractivity contribution >= 4 is 18.3 Å². The molecule has 0 radical (unpaired) electrons. The first-order valence-corrected chi connectivity index (χ1v) is 6.74. The molecule has 1 aliphatic heterocycles. The van der Waals surface area contributed by atoms with Crippen molar-refractivity contribution in [1.82, 2.24) is 4.90 Å². The number of hydrogen-bond donors (Lipinski definition) is 1. The summed E-state index contributed by atoms with van der Waals surface area (Å²) in [6.45, 7) is 1.67. The maximum absolute atomic E-state index is 12.2. The van der Waals surface area contributed by atoms with Crippen LogP contribution in [0.5, 0.6) is 0 Å². The van der Waals surface area contributed by atoms with Crippen LogP contribution in [-0.4, -0.2) is 29.9 Å². The maximum Gasteiger partial charge on any atom is 0.239 e. The van der Waals surface area contributed by atoms with E-state index < -0.39 is 6.04 Å². The summed E-state index contributed by atoms with van der Waals surface area (Å²) in [6, 6.07) is 8.84. The van der Waals surface area contributed by atoms with E-state index in [4.69, 9.17) is 11.0 Å². The molecule has 0 bridgehead atoms. The summed E-state index contributed by atoms with van der Waals surface area (Å²) in [7, 11) is 0. The van der Waals surface area contributed by atoms with Crippen molar-refractivity contribution in [1.29, 1.82) is 5.26 Å². The highest BCUT2D eigenvalue weighted by Crippen LogP contribution is 2.12. The van der Waals surface area contributed by atoms with E-state index in [1.54, 1.807) is 12.1 Å². The topological polar surface area (TPSA) is 70.1 Å². The van der Waals surface area contributed by atoms with Crippen molar-refractivity contribution < 1.29 is 4.79 Å². The predicted molar refractivity (Wildman–Crippen MR) is 80.5 cm³/mol. The lowest BCUT2D eigenvalue weighted by molar-refractivity contribution is -0.133. The zero-order chi connectivity index (χ0) is 13.7. The Hall–Kier alpha value is -1.57. The van der Waals surface area contributed by atoms with Gasteiger partial charge in [0.1, 0.15) is 0 Å². The molecule has 20 heavy (non-hydrogen) atoms. The Kier molecular flexibility index (Phi) is 6.50. The number of piperidine rings is 1. The smallest absolute Gasteiger partial charge is 0.239 e. The molecule has 1 amide bonds. The normalized spacial score (nSPS) is 15.9. The highest BCUT2D eigenvalue weighted by atomic mass is 35.5. The molecule has 2 N–H and O–H groups in total. The van der Waals surface area contributed by atoms with Crippen molar-refractivity contribution in [2.75, 3.05) is 13.1 Å². The quantitative estimate of drug-likeness (QED) is 0.925. The lowest BCUT2D eigenvalue weighted by Gasteiger charge is -2.29.